The number of nitriles is 1. The number of aliphatic hydroxyl groups is 1. The third-order valence-corrected chi connectivity index (χ3v) is 5.26. The maximum absolute atomic E-state index is 9.72. The average Bonchev–Trinajstić information content (AvgIpc) is 2.64. The molecule has 1 fully saturated rings. The highest BCUT2D eigenvalue weighted by Gasteiger charge is 2.25. The van der Waals surface area contributed by atoms with Gasteiger partial charge in [0.2, 0.25) is 0 Å². The molecule has 0 saturated heterocycles. The van der Waals surface area contributed by atoms with E-state index >= 15 is 0 Å². The van der Waals surface area contributed by atoms with Crippen molar-refractivity contribution in [1.29, 1.82) is 5.26 Å². The van der Waals surface area contributed by atoms with E-state index in [4.69, 9.17) is 11.0 Å². The maximum atomic E-state index is 9.72. The summed E-state index contributed by atoms with van der Waals surface area (Å²) in [7, 11) is 2.01. The molecule has 1 aliphatic carbocycles. The summed E-state index contributed by atoms with van der Waals surface area (Å²) in [5.74, 6) is 1.87. The predicted octanol–water partition coefficient (Wildman–Crippen LogP) is 3.18. The third kappa shape index (κ3) is 4.06. The zero-order chi connectivity index (χ0) is 18.7. The molecular weight excluding hydrogens is 396 g/mol. The molecule has 0 atom stereocenters. The number of pyridine rings is 2. The molecule has 1 saturated carbocycles. The quantitative estimate of drug-likeness (QED) is 0.701. The fourth-order valence-corrected chi connectivity index (χ4v) is 3.73. The standard InChI is InChI=1S/C18H21BrN6O/c1-25(12-3-5-13(26)6-4-12)18-14(19)8-15(21)17(24-18)23-16-7-2-11(9-20)10-22-16/h2,7-8,10,12-13,26H,3-6,21H2,1H3,(H,22,23,24). The van der Waals surface area contributed by atoms with Crippen molar-refractivity contribution in [3.63, 3.8) is 0 Å². The van der Waals surface area contributed by atoms with Crippen molar-refractivity contribution in [2.75, 3.05) is 23.0 Å². The number of rotatable bonds is 4. The maximum Gasteiger partial charge on any atom is 0.157 e. The fourth-order valence-electron chi connectivity index (χ4n) is 3.11. The average molecular weight is 417 g/mol. The fraction of sp³-hybridized carbons (Fsp3) is 0.389. The van der Waals surface area contributed by atoms with Crippen LogP contribution in [0.5, 0.6) is 0 Å². The minimum Gasteiger partial charge on any atom is -0.396 e. The van der Waals surface area contributed by atoms with Crippen LogP contribution in [0.1, 0.15) is 31.2 Å². The summed E-state index contributed by atoms with van der Waals surface area (Å²) < 4.78 is 0.821. The molecule has 2 heterocycles. The van der Waals surface area contributed by atoms with E-state index in [0.717, 1.165) is 36.0 Å². The zero-order valence-electron chi connectivity index (χ0n) is 14.5. The molecule has 136 valence electrons. The van der Waals surface area contributed by atoms with Gasteiger partial charge in [-0.3, -0.25) is 0 Å². The van der Waals surface area contributed by atoms with Gasteiger partial charge in [0.25, 0.3) is 0 Å². The number of nitrogens with one attached hydrogen (secondary N) is 1. The van der Waals surface area contributed by atoms with Crippen LogP contribution >= 0.6 is 15.9 Å². The van der Waals surface area contributed by atoms with Crippen LogP contribution in [-0.2, 0) is 0 Å². The Hall–Kier alpha value is -2.37. The lowest BCUT2D eigenvalue weighted by Crippen LogP contribution is -2.37. The molecule has 0 radical (unpaired) electrons. The minimum atomic E-state index is -0.192. The number of halogens is 1. The van der Waals surface area contributed by atoms with Gasteiger partial charge in [0.1, 0.15) is 17.7 Å². The normalized spacial score (nSPS) is 19.6. The molecule has 4 N–H and O–H groups in total. The van der Waals surface area contributed by atoms with E-state index in [1.54, 1.807) is 12.1 Å². The smallest absolute Gasteiger partial charge is 0.157 e. The molecule has 0 unspecified atom stereocenters. The Bertz CT molecular complexity index is 812. The molecule has 1 aliphatic rings. The number of aliphatic hydroxyl groups excluding tert-OH is 1. The van der Waals surface area contributed by atoms with Crippen LogP contribution in [0.15, 0.2) is 28.9 Å². The summed E-state index contributed by atoms with van der Waals surface area (Å²) in [5.41, 5.74) is 7.10. The number of nitrogens with two attached hydrogens (primary N) is 1. The van der Waals surface area contributed by atoms with Crippen molar-refractivity contribution in [3.8, 4) is 6.07 Å². The highest BCUT2D eigenvalue weighted by atomic mass is 79.9. The van der Waals surface area contributed by atoms with Gasteiger partial charge in [-0.2, -0.15) is 5.26 Å². The lowest BCUT2D eigenvalue weighted by atomic mass is 9.92. The van der Waals surface area contributed by atoms with Gasteiger partial charge in [0.05, 0.1) is 21.8 Å². The monoisotopic (exact) mass is 416 g/mol. The second kappa shape index (κ2) is 7.89. The Labute approximate surface area is 161 Å². The molecule has 0 bridgehead atoms. The Kier molecular flexibility index (Phi) is 5.59. The van der Waals surface area contributed by atoms with Crippen LogP contribution in [0.3, 0.4) is 0 Å². The second-order valence-electron chi connectivity index (χ2n) is 6.47. The van der Waals surface area contributed by atoms with Crippen LogP contribution < -0.4 is 16.0 Å². The van der Waals surface area contributed by atoms with Gasteiger partial charge < -0.3 is 21.1 Å². The summed E-state index contributed by atoms with van der Waals surface area (Å²) in [6, 6.07) is 7.59. The lowest BCUT2D eigenvalue weighted by molar-refractivity contribution is 0.122. The van der Waals surface area contributed by atoms with Gasteiger partial charge in [-0.25, -0.2) is 9.97 Å². The van der Waals surface area contributed by atoms with Crippen LogP contribution in [0.25, 0.3) is 0 Å². The first-order valence-corrected chi connectivity index (χ1v) is 9.27. The number of nitrogens with zero attached hydrogens (tertiary/aromatic N) is 4. The van der Waals surface area contributed by atoms with Crippen molar-refractivity contribution < 1.29 is 5.11 Å². The molecule has 0 aliphatic heterocycles. The van der Waals surface area contributed by atoms with Gasteiger partial charge in [0, 0.05) is 19.3 Å². The predicted molar refractivity (Wildman–Crippen MR) is 105 cm³/mol. The van der Waals surface area contributed by atoms with E-state index in [1.807, 2.05) is 19.2 Å². The summed E-state index contributed by atoms with van der Waals surface area (Å²) in [6.07, 6.45) is 4.77. The van der Waals surface area contributed by atoms with E-state index in [-0.39, 0.29) is 6.10 Å². The molecule has 3 rings (SSSR count). The first-order valence-electron chi connectivity index (χ1n) is 8.48. The van der Waals surface area contributed by atoms with Crippen LogP contribution in [0.4, 0.5) is 23.1 Å². The summed E-state index contributed by atoms with van der Waals surface area (Å²) >= 11 is 3.55. The van der Waals surface area contributed by atoms with Crippen LogP contribution in [0, 0.1) is 11.3 Å². The number of hydrogen-bond acceptors (Lipinski definition) is 7. The van der Waals surface area contributed by atoms with Crippen molar-refractivity contribution in [1.82, 2.24) is 9.97 Å². The van der Waals surface area contributed by atoms with Gasteiger partial charge in [-0.05, 0) is 59.8 Å². The molecule has 2 aromatic heterocycles. The number of anilines is 4. The number of nitrogen functional groups attached to an aromatic ring is 1. The molecule has 0 spiro atoms. The van der Waals surface area contributed by atoms with Crippen LogP contribution in [-0.4, -0.2) is 34.3 Å². The van der Waals surface area contributed by atoms with Crippen molar-refractivity contribution in [2.24, 2.45) is 0 Å². The first-order chi connectivity index (χ1) is 12.5. The van der Waals surface area contributed by atoms with E-state index < -0.39 is 0 Å². The molecule has 26 heavy (non-hydrogen) atoms. The Morgan fingerprint density at radius 1 is 1.35 bits per heavy atom. The third-order valence-electron chi connectivity index (χ3n) is 4.67. The Balaban J connectivity index is 1.83. The van der Waals surface area contributed by atoms with E-state index in [2.05, 4.69) is 36.1 Å². The topological polar surface area (TPSA) is 111 Å². The number of aromatic nitrogens is 2. The molecule has 0 aromatic carbocycles. The van der Waals surface area contributed by atoms with Gasteiger partial charge >= 0.3 is 0 Å². The lowest BCUT2D eigenvalue weighted by Gasteiger charge is -2.34. The van der Waals surface area contributed by atoms with E-state index in [1.165, 1.54) is 6.20 Å². The van der Waals surface area contributed by atoms with Crippen molar-refractivity contribution in [2.45, 2.75) is 37.8 Å². The minimum absolute atomic E-state index is 0.192. The highest BCUT2D eigenvalue weighted by Crippen LogP contribution is 2.34. The van der Waals surface area contributed by atoms with Crippen molar-refractivity contribution in [3.05, 3.63) is 34.4 Å². The SMILES string of the molecule is CN(c1nc(Nc2ccc(C#N)cn2)c(N)cc1Br)C1CCC(O)CC1. The highest BCUT2D eigenvalue weighted by molar-refractivity contribution is 9.10. The molecule has 0 amide bonds. The summed E-state index contributed by atoms with van der Waals surface area (Å²) in [5, 5.41) is 21.7. The van der Waals surface area contributed by atoms with Gasteiger partial charge in [0.15, 0.2) is 5.82 Å². The summed E-state index contributed by atoms with van der Waals surface area (Å²) in [4.78, 5) is 11.0. The summed E-state index contributed by atoms with van der Waals surface area (Å²) in [6.45, 7) is 0. The van der Waals surface area contributed by atoms with E-state index in [0.29, 0.717) is 28.9 Å². The molecular formula is C18H21BrN6O. The zero-order valence-corrected chi connectivity index (χ0v) is 16.1. The van der Waals surface area contributed by atoms with E-state index in [9.17, 15) is 5.11 Å². The second-order valence-corrected chi connectivity index (χ2v) is 7.33. The van der Waals surface area contributed by atoms with Gasteiger partial charge in [-0.1, -0.05) is 0 Å². The molecule has 7 nitrogen and oxygen atoms in total. The molecule has 8 heteroatoms. The van der Waals surface area contributed by atoms with Gasteiger partial charge in [-0.15, -0.1) is 0 Å². The largest absolute Gasteiger partial charge is 0.396 e. The van der Waals surface area contributed by atoms with Crippen LogP contribution in [0.2, 0.25) is 0 Å². The number of hydrogen-bond donors (Lipinski definition) is 3. The first kappa shape index (κ1) is 18.4. The molecule has 2 aromatic rings. The Morgan fingerprint density at radius 3 is 2.69 bits per heavy atom. The van der Waals surface area contributed by atoms with Crippen molar-refractivity contribution >= 4 is 39.1 Å². The Morgan fingerprint density at radius 2 is 2.08 bits per heavy atom.